The van der Waals surface area contributed by atoms with Gasteiger partial charge in [-0.25, -0.2) is 0 Å². The summed E-state index contributed by atoms with van der Waals surface area (Å²) in [5.41, 5.74) is 0.915. The summed E-state index contributed by atoms with van der Waals surface area (Å²) >= 11 is 0. The van der Waals surface area contributed by atoms with Crippen LogP contribution < -0.4 is 0 Å². The molecule has 2 rings (SSSR count). The van der Waals surface area contributed by atoms with Crippen molar-refractivity contribution in [1.29, 1.82) is 0 Å². The Morgan fingerprint density at radius 3 is 2.50 bits per heavy atom. The minimum Gasteiger partial charge on any atom is -0.396 e. The third kappa shape index (κ3) is 1.25. The van der Waals surface area contributed by atoms with Crippen LogP contribution >= 0.6 is 0 Å². The third-order valence-electron chi connectivity index (χ3n) is 5.32. The molecule has 0 aromatic heterocycles. The summed E-state index contributed by atoms with van der Waals surface area (Å²) in [6.07, 6.45) is 6.86. The van der Waals surface area contributed by atoms with Gasteiger partial charge in [-0.1, -0.05) is 40.0 Å². The molecule has 0 heterocycles. The molecule has 3 unspecified atom stereocenters. The molecule has 0 saturated heterocycles. The normalized spacial score (nSPS) is 46.3. The molecule has 82 valence electrons. The molecule has 0 aromatic carbocycles. The van der Waals surface area contributed by atoms with E-state index in [1.165, 1.54) is 32.1 Å². The summed E-state index contributed by atoms with van der Waals surface area (Å²) in [4.78, 5) is 0. The maximum Gasteiger partial charge on any atom is 0.0470 e. The smallest absolute Gasteiger partial charge is 0.0470 e. The van der Waals surface area contributed by atoms with Crippen molar-refractivity contribution < 1.29 is 5.11 Å². The molecule has 14 heavy (non-hydrogen) atoms. The Bertz CT molecular complexity index is 221. The van der Waals surface area contributed by atoms with Gasteiger partial charge in [-0.15, -0.1) is 0 Å². The van der Waals surface area contributed by atoms with E-state index in [2.05, 4.69) is 20.8 Å². The summed E-state index contributed by atoms with van der Waals surface area (Å²) in [5.74, 6) is 1.49. The van der Waals surface area contributed by atoms with Crippen molar-refractivity contribution in [3.05, 3.63) is 0 Å². The van der Waals surface area contributed by atoms with Gasteiger partial charge in [-0.3, -0.25) is 0 Å². The average molecular weight is 196 g/mol. The van der Waals surface area contributed by atoms with Crippen LogP contribution in [-0.4, -0.2) is 11.7 Å². The lowest BCUT2D eigenvalue weighted by Crippen LogP contribution is -2.08. The number of rotatable bonds is 1. The van der Waals surface area contributed by atoms with Crippen LogP contribution in [0.15, 0.2) is 0 Å². The van der Waals surface area contributed by atoms with Gasteiger partial charge in [0.1, 0.15) is 0 Å². The van der Waals surface area contributed by atoms with Gasteiger partial charge in [-0.05, 0) is 35.5 Å². The van der Waals surface area contributed by atoms with Gasteiger partial charge in [0, 0.05) is 6.61 Å². The monoisotopic (exact) mass is 196 g/mol. The second-order valence-electron chi connectivity index (χ2n) is 6.15. The van der Waals surface area contributed by atoms with E-state index in [0.717, 1.165) is 5.92 Å². The van der Waals surface area contributed by atoms with Crippen molar-refractivity contribution in [2.45, 2.75) is 52.9 Å². The van der Waals surface area contributed by atoms with Crippen molar-refractivity contribution in [2.75, 3.05) is 6.61 Å². The minimum atomic E-state index is 0.404. The fourth-order valence-corrected chi connectivity index (χ4v) is 4.00. The molecule has 0 amide bonds. The Labute approximate surface area is 87.9 Å². The van der Waals surface area contributed by atoms with E-state index in [-0.39, 0.29) is 0 Å². The molecule has 1 N–H and O–H groups in total. The summed E-state index contributed by atoms with van der Waals surface area (Å²) in [7, 11) is 0. The third-order valence-corrected chi connectivity index (χ3v) is 5.32. The first-order valence-electron chi connectivity index (χ1n) is 6.15. The summed E-state index contributed by atoms with van der Waals surface area (Å²) in [6.45, 7) is 7.48. The number of aliphatic hydroxyl groups excluding tert-OH is 1. The van der Waals surface area contributed by atoms with Gasteiger partial charge in [0.15, 0.2) is 0 Å². The van der Waals surface area contributed by atoms with Crippen molar-refractivity contribution in [3.63, 3.8) is 0 Å². The molecular weight excluding hydrogens is 172 g/mol. The molecule has 2 aliphatic rings. The van der Waals surface area contributed by atoms with Gasteiger partial charge < -0.3 is 5.11 Å². The van der Waals surface area contributed by atoms with Gasteiger partial charge in [0.25, 0.3) is 0 Å². The number of hydrogen-bond acceptors (Lipinski definition) is 1. The molecule has 0 aromatic rings. The molecule has 1 spiro atoms. The van der Waals surface area contributed by atoms with E-state index in [4.69, 9.17) is 0 Å². The first-order valence-corrected chi connectivity index (χ1v) is 6.15. The Kier molecular flexibility index (Phi) is 2.42. The standard InChI is InChI=1S/C13H24O/c1-10-5-4-7-13(8-6-10)11(9-14)12(13,2)3/h10-11,14H,4-9H2,1-3H3. The Balaban J connectivity index is 2.10. The van der Waals surface area contributed by atoms with E-state index < -0.39 is 0 Å². The second-order valence-corrected chi connectivity index (χ2v) is 6.15. The van der Waals surface area contributed by atoms with Crippen LogP contribution in [0.1, 0.15) is 52.9 Å². The van der Waals surface area contributed by atoms with Crippen molar-refractivity contribution in [1.82, 2.24) is 0 Å². The summed E-state index contributed by atoms with van der Waals surface area (Å²) in [6, 6.07) is 0. The predicted octanol–water partition coefficient (Wildman–Crippen LogP) is 3.22. The van der Waals surface area contributed by atoms with Crippen molar-refractivity contribution in [2.24, 2.45) is 22.7 Å². The van der Waals surface area contributed by atoms with Crippen molar-refractivity contribution in [3.8, 4) is 0 Å². The number of aliphatic hydroxyl groups is 1. The number of hydrogen-bond donors (Lipinski definition) is 1. The Morgan fingerprint density at radius 2 is 1.93 bits per heavy atom. The van der Waals surface area contributed by atoms with Crippen LogP contribution in [0.4, 0.5) is 0 Å². The van der Waals surface area contributed by atoms with E-state index in [0.29, 0.717) is 23.4 Å². The lowest BCUT2D eigenvalue weighted by Gasteiger charge is -2.17. The SMILES string of the molecule is CC1CCCC2(CC1)C(CO)C2(C)C. The molecular formula is C13H24O. The summed E-state index contributed by atoms with van der Waals surface area (Å²) in [5, 5.41) is 9.42. The topological polar surface area (TPSA) is 20.2 Å². The zero-order valence-electron chi connectivity index (χ0n) is 9.84. The second kappa shape index (κ2) is 3.23. The predicted molar refractivity (Wildman–Crippen MR) is 59.0 cm³/mol. The highest BCUT2D eigenvalue weighted by atomic mass is 16.3. The first-order chi connectivity index (χ1) is 6.54. The maximum atomic E-state index is 9.42. The summed E-state index contributed by atoms with van der Waals surface area (Å²) < 4.78 is 0. The van der Waals surface area contributed by atoms with Crippen LogP contribution in [0.25, 0.3) is 0 Å². The largest absolute Gasteiger partial charge is 0.396 e. The first kappa shape index (κ1) is 10.5. The lowest BCUT2D eigenvalue weighted by molar-refractivity contribution is 0.238. The van der Waals surface area contributed by atoms with E-state index in [1.807, 2.05) is 0 Å². The molecule has 2 fully saturated rings. The molecule has 0 bridgehead atoms. The molecule has 0 aliphatic heterocycles. The fraction of sp³-hybridized carbons (Fsp3) is 1.00. The highest BCUT2D eigenvalue weighted by Gasteiger charge is 2.68. The highest BCUT2D eigenvalue weighted by molar-refractivity contribution is 5.16. The Hall–Kier alpha value is -0.0400. The maximum absolute atomic E-state index is 9.42. The van der Waals surface area contributed by atoms with Crippen LogP contribution in [0.5, 0.6) is 0 Å². The lowest BCUT2D eigenvalue weighted by atomic mass is 9.87. The average Bonchev–Trinajstić information content (AvgIpc) is 2.66. The fourth-order valence-electron chi connectivity index (χ4n) is 4.00. The van der Waals surface area contributed by atoms with E-state index in [1.54, 1.807) is 0 Å². The quantitative estimate of drug-likeness (QED) is 0.682. The van der Waals surface area contributed by atoms with Crippen molar-refractivity contribution >= 4 is 0 Å². The highest BCUT2D eigenvalue weighted by Crippen LogP contribution is 2.73. The minimum absolute atomic E-state index is 0.404. The molecule has 3 atom stereocenters. The molecule has 2 saturated carbocycles. The zero-order chi connectivity index (χ0) is 10.4. The molecule has 1 nitrogen and oxygen atoms in total. The van der Waals surface area contributed by atoms with Crippen LogP contribution in [0.3, 0.4) is 0 Å². The van der Waals surface area contributed by atoms with Gasteiger partial charge in [0.2, 0.25) is 0 Å². The van der Waals surface area contributed by atoms with E-state index >= 15 is 0 Å². The van der Waals surface area contributed by atoms with Gasteiger partial charge in [0.05, 0.1) is 0 Å². The molecule has 0 radical (unpaired) electrons. The van der Waals surface area contributed by atoms with Crippen LogP contribution in [0.2, 0.25) is 0 Å². The van der Waals surface area contributed by atoms with Gasteiger partial charge in [-0.2, -0.15) is 0 Å². The van der Waals surface area contributed by atoms with E-state index in [9.17, 15) is 5.11 Å². The Morgan fingerprint density at radius 1 is 1.21 bits per heavy atom. The zero-order valence-corrected chi connectivity index (χ0v) is 9.84. The molecule has 1 heteroatoms. The molecule has 2 aliphatic carbocycles. The van der Waals surface area contributed by atoms with Crippen LogP contribution in [0, 0.1) is 22.7 Å². The van der Waals surface area contributed by atoms with Gasteiger partial charge >= 0.3 is 0 Å². The van der Waals surface area contributed by atoms with Crippen LogP contribution in [-0.2, 0) is 0 Å².